The second kappa shape index (κ2) is 66.1. The van der Waals surface area contributed by atoms with Crippen LogP contribution in [0.5, 0.6) is 0 Å². The normalized spacial score (nSPS) is 12.5. The number of ether oxygens (including phenoxy) is 1. The Bertz CT molecular complexity index is 1140. The van der Waals surface area contributed by atoms with Crippen LogP contribution in [0.15, 0.2) is 12.2 Å². The zero-order valence-electron chi connectivity index (χ0n) is 51.8. The molecule has 6 heteroatoms. The van der Waals surface area contributed by atoms with Crippen LogP contribution in [-0.4, -0.2) is 47.4 Å². The summed E-state index contributed by atoms with van der Waals surface area (Å²) in [6, 6.07) is -0.541. The number of unbranched alkanes of at least 4 members (excludes halogenated alkanes) is 53. The molecule has 0 saturated carbocycles. The van der Waals surface area contributed by atoms with Gasteiger partial charge in [0.1, 0.15) is 0 Å². The van der Waals surface area contributed by atoms with Gasteiger partial charge in [0.2, 0.25) is 5.91 Å². The molecule has 0 aliphatic heterocycles. The number of rotatable bonds is 66. The topological polar surface area (TPSA) is 95.9 Å². The van der Waals surface area contributed by atoms with Gasteiger partial charge in [-0.25, -0.2) is 0 Å². The number of carbonyl (C=O) groups excluding carboxylic acids is 2. The van der Waals surface area contributed by atoms with E-state index in [1.807, 2.05) is 0 Å². The molecular formula is C70H137NO5. The fraction of sp³-hybridized carbons (Fsp3) is 0.943. The Hall–Kier alpha value is -1.40. The second-order valence-electron chi connectivity index (χ2n) is 24.2. The van der Waals surface area contributed by atoms with E-state index in [9.17, 15) is 19.8 Å². The van der Waals surface area contributed by atoms with E-state index in [0.29, 0.717) is 25.9 Å². The summed E-state index contributed by atoms with van der Waals surface area (Å²) < 4.78 is 5.50. The first-order valence-electron chi connectivity index (χ1n) is 34.9. The summed E-state index contributed by atoms with van der Waals surface area (Å²) in [5.41, 5.74) is 0. The van der Waals surface area contributed by atoms with Gasteiger partial charge in [0.05, 0.1) is 25.4 Å². The molecule has 0 aliphatic rings. The van der Waals surface area contributed by atoms with Gasteiger partial charge in [-0.15, -0.1) is 0 Å². The van der Waals surface area contributed by atoms with Crippen LogP contribution in [-0.2, 0) is 14.3 Å². The predicted octanol–water partition coefficient (Wildman–Crippen LogP) is 22.4. The van der Waals surface area contributed by atoms with E-state index in [4.69, 9.17) is 4.74 Å². The van der Waals surface area contributed by atoms with Crippen molar-refractivity contribution in [3.8, 4) is 0 Å². The number of nitrogens with one attached hydrogen (secondary N) is 1. The average molecular weight is 1070 g/mol. The maximum Gasteiger partial charge on any atom is 0.305 e. The molecule has 0 aromatic heterocycles. The number of amides is 1. The van der Waals surface area contributed by atoms with Crippen molar-refractivity contribution in [3.63, 3.8) is 0 Å². The smallest absolute Gasteiger partial charge is 0.305 e. The molecule has 3 N–H and O–H groups in total. The minimum Gasteiger partial charge on any atom is -0.466 e. The number of allylic oxidation sites excluding steroid dienone is 2. The van der Waals surface area contributed by atoms with Gasteiger partial charge in [0.25, 0.3) is 0 Å². The Morgan fingerprint density at radius 1 is 0.355 bits per heavy atom. The summed E-state index contributed by atoms with van der Waals surface area (Å²) in [6.07, 6.45) is 81.0. The molecule has 2 atom stereocenters. The minimum atomic E-state index is -0.664. The third kappa shape index (κ3) is 61.8. The van der Waals surface area contributed by atoms with Crippen LogP contribution >= 0.6 is 0 Å². The Morgan fingerprint density at radius 3 is 0.934 bits per heavy atom. The Morgan fingerprint density at radius 2 is 0.618 bits per heavy atom. The van der Waals surface area contributed by atoms with Gasteiger partial charge in [-0.2, -0.15) is 0 Å². The molecule has 0 radical (unpaired) electrons. The largest absolute Gasteiger partial charge is 0.466 e. The van der Waals surface area contributed by atoms with Crippen molar-refractivity contribution in [3.05, 3.63) is 12.2 Å². The maximum atomic E-state index is 12.5. The van der Waals surface area contributed by atoms with Gasteiger partial charge in [0, 0.05) is 12.8 Å². The average Bonchev–Trinajstić information content (AvgIpc) is 3.42. The molecule has 0 rings (SSSR count). The van der Waals surface area contributed by atoms with Gasteiger partial charge in [-0.3, -0.25) is 9.59 Å². The van der Waals surface area contributed by atoms with Crippen molar-refractivity contribution in [1.29, 1.82) is 0 Å². The molecular weight excluding hydrogens is 935 g/mol. The SMILES string of the molecule is CCCCCCCC/C=C\CCCCCCCCCC(=O)OCCCCCCCCCCCCCCCCCCCCCCCCCC(=O)NC(CO)C(O)CCCCCCCCCCCCCCCCCCCCC. The molecule has 0 aromatic rings. The van der Waals surface area contributed by atoms with Crippen molar-refractivity contribution in [2.75, 3.05) is 13.2 Å². The summed E-state index contributed by atoms with van der Waals surface area (Å²) in [5, 5.41) is 23.4. The molecule has 6 nitrogen and oxygen atoms in total. The van der Waals surface area contributed by atoms with E-state index in [-0.39, 0.29) is 18.5 Å². The number of hydrogen-bond donors (Lipinski definition) is 3. The van der Waals surface area contributed by atoms with Crippen LogP contribution in [0, 0.1) is 0 Å². The molecule has 0 bridgehead atoms. The summed E-state index contributed by atoms with van der Waals surface area (Å²) in [7, 11) is 0. The molecule has 0 aromatic carbocycles. The zero-order chi connectivity index (χ0) is 55.0. The zero-order valence-corrected chi connectivity index (χ0v) is 51.8. The lowest BCUT2D eigenvalue weighted by atomic mass is 10.0. The second-order valence-corrected chi connectivity index (χ2v) is 24.2. The Balaban J connectivity index is 3.36. The highest BCUT2D eigenvalue weighted by atomic mass is 16.5. The fourth-order valence-electron chi connectivity index (χ4n) is 11.2. The lowest BCUT2D eigenvalue weighted by Gasteiger charge is -2.22. The number of aliphatic hydroxyl groups excluding tert-OH is 2. The number of carbonyl (C=O) groups is 2. The summed E-state index contributed by atoms with van der Waals surface area (Å²) in [4.78, 5) is 24.6. The van der Waals surface area contributed by atoms with E-state index in [0.717, 1.165) is 44.9 Å². The van der Waals surface area contributed by atoms with E-state index >= 15 is 0 Å². The Kier molecular flexibility index (Phi) is 64.9. The van der Waals surface area contributed by atoms with Crippen LogP contribution < -0.4 is 5.32 Å². The quantitative estimate of drug-likeness (QED) is 0.0320. The van der Waals surface area contributed by atoms with Gasteiger partial charge in [-0.1, -0.05) is 347 Å². The highest BCUT2D eigenvalue weighted by Crippen LogP contribution is 2.19. The highest BCUT2D eigenvalue weighted by molar-refractivity contribution is 5.76. The number of hydrogen-bond acceptors (Lipinski definition) is 5. The van der Waals surface area contributed by atoms with Crippen LogP contribution in [0.2, 0.25) is 0 Å². The third-order valence-corrected chi connectivity index (χ3v) is 16.6. The highest BCUT2D eigenvalue weighted by Gasteiger charge is 2.20. The first kappa shape index (κ1) is 74.6. The van der Waals surface area contributed by atoms with Crippen molar-refractivity contribution in [2.45, 2.75) is 411 Å². The summed E-state index contributed by atoms with van der Waals surface area (Å²) >= 11 is 0. The lowest BCUT2D eigenvalue weighted by Crippen LogP contribution is -2.45. The van der Waals surface area contributed by atoms with Crippen molar-refractivity contribution >= 4 is 11.9 Å². The standard InChI is InChI=1S/C70H137NO5/c1-3-5-7-9-11-13-15-17-19-21-27-31-34-38-42-46-50-54-58-62-68(73)67(66-72)71-69(74)63-59-55-51-47-43-39-35-32-28-25-23-22-24-26-29-33-37-41-45-49-53-57-61-65-76-70(75)64-60-56-52-48-44-40-36-30-20-18-16-14-12-10-8-6-4-2/h18,20,67-68,72-73H,3-17,19,21-66H2,1-2H3,(H,71,74)/b20-18-. The molecule has 0 spiro atoms. The first-order valence-corrected chi connectivity index (χ1v) is 34.9. The molecule has 1 amide bonds. The van der Waals surface area contributed by atoms with Gasteiger partial charge >= 0.3 is 5.97 Å². The van der Waals surface area contributed by atoms with E-state index in [1.165, 1.54) is 321 Å². The predicted molar refractivity (Wildman–Crippen MR) is 333 cm³/mol. The van der Waals surface area contributed by atoms with Crippen LogP contribution in [0.25, 0.3) is 0 Å². The van der Waals surface area contributed by atoms with E-state index in [2.05, 4.69) is 31.3 Å². The van der Waals surface area contributed by atoms with Crippen LogP contribution in [0.4, 0.5) is 0 Å². The first-order chi connectivity index (χ1) is 37.5. The monoisotopic (exact) mass is 1070 g/mol. The number of aliphatic hydroxyl groups is 2. The van der Waals surface area contributed by atoms with Crippen molar-refractivity contribution < 1.29 is 24.5 Å². The summed E-state index contributed by atoms with van der Waals surface area (Å²) in [5.74, 6) is -0.0178. The molecule has 0 aliphatic carbocycles. The number of esters is 1. The summed E-state index contributed by atoms with van der Waals surface area (Å²) in [6.45, 7) is 4.99. The molecule has 2 unspecified atom stereocenters. The molecule has 452 valence electrons. The van der Waals surface area contributed by atoms with Crippen molar-refractivity contribution in [1.82, 2.24) is 5.32 Å². The minimum absolute atomic E-state index is 0.0123. The van der Waals surface area contributed by atoms with E-state index in [1.54, 1.807) is 0 Å². The van der Waals surface area contributed by atoms with Gasteiger partial charge < -0.3 is 20.3 Å². The van der Waals surface area contributed by atoms with Gasteiger partial charge in [0.15, 0.2) is 0 Å². The third-order valence-electron chi connectivity index (χ3n) is 16.6. The van der Waals surface area contributed by atoms with Gasteiger partial charge in [-0.05, 0) is 51.4 Å². The molecule has 0 heterocycles. The van der Waals surface area contributed by atoms with Crippen molar-refractivity contribution in [2.24, 2.45) is 0 Å². The van der Waals surface area contributed by atoms with E-state index < -0.39 is 12.1 Å². The molecule has 0 saturated heterocycles. The lowest BCUT2D eigenvalue weighted by molar-refractivity contribution is -0.143. The Labute approximate surface area is 476 Å². The fourth-order valence-corrected chi connectivity index (χ4v) is 11.2. The maximum absolute atomic E-state index is 12.5. The molecule has 0 fully saturated rings. The molecule has 76 heavy (non-hydrogen) atoms. The van der Waals surface area contributed by atoms with Crippen LogP contribution in [0.1, 0.15) is 399 Å². The van der Waals surface area contributed by atoms with Crippen LogP contribution in [0.3, 0.4) is 0 Å².